The molecule has 0 fully saturated rings. The SMILES string of the molecule is CCOCCCNC(=NCc1ccc(OC)cc1)NCC(C)(C)SC. The van der Waals surface area contributed by atoms with Gasteiger partial charge in [0.25, 0.3) is 0 Å². The van der Waals surface area contributed by atoms with Crippen LogP contribution in [0.3, 0.4) is 0 Å². The highest BCUT2D eigenvalue weighted by Gasteiger charge is 2.16. The second-order valence-electron chi connectivity index (χ2n) is 6.31. The Hall–Kier alpha value is -1.40. The molecule has 0 spiro atoms. The number of hydrogen-bond donors (Lipinski definition) is 2. The largest absolute Gasteiger partial charge is 0.497 e. The molecule has 0 radical (unpaired) electrons. The fourth-order valence-electron chi connectivity index (χ4n) is 1.97. The Balaban J connectivity index is 2.60. The van der Waals surface area contributed by atoms with Crippen LogP contribution in [0.5, 0.6) is 5.75 Å². The smallest absolute Gasteiger partial charge is 0.191 e. The maximum Gasteiger partial charge on any atom is 0.191 e. The van der Waals surface area contributed by atoms with Gasteiger partial charge in [-0.15, -0.1) is 0 Å². The molecule has 6 heteroatoms. The highest BCUT2D eigenvalue weighted by atomic mass is 32.2. The quantitative estimate of drug-likeness (QED) is 0.357. The molecule has 5 nitrogen and oxygen atoms in total. The fraction of sp³-hybridized carbons (Fsp3) is 0.632. The van der Waals surface area contributed by atoms with Crippen LogP contribution in [0.25, 0.3) is 0 Å². The van der Waals surface area contributed by atoms with E-state index in [1.807, 2.05) is 43.0 Å². The first kappa shape index (κ1) is 21.6. The van der Waals surface area contributed by atoms with Crippen LogP contribution >= 0.6 is 11.8 Å². The van der Waals surface area contributed by atoms with E-state index in [2.05, 4.69) is 30.7 Å². The number of thioether (sulfide) groups is 1. The summed E-state index contributed by atoms with van der Waals surface area (Å²) in [5.74, 6) is 1.70. The molecular formula is C19H33N3O2S. The number of hydrogen-bond acceptors (Lipinski definition) is 4. The van der Waals surface area contributed by atoms with Crippen molar-refractivity contribution in [3.05, 3.63) is 29.8 Å². The number of aliphatic imine (C=N–C) groups is 1. The molecule has 1 rings (SSSR count). The topological polar surface area (TPSA) is 54.9 Å². The first-order valence-electron chi connectivity index (χ1n) is 8.78. The molecule has 1 aromatic rings. The van der Waals surface area contributed by atoms with Crippen molar-refractivity contribution in [3.63, 3.8) is 0 Å². The zero-order valence-electron chi connectivity index (χ0n) is 16.2. The molecule has 25 heavy (non-hydrogen) atoms. The summed E-state index contributed by atoms with van der Waals surface area (Å²) in [6.45, 7) is 10.3. The lowest BCUT2D eigenvalue weighted by Crippen LogP contribution is -2.43. The second kappa shape index (κ2) is 12.0. The predicted molar refractivity (Wildman–Crippen MR) is 109 cm³/mol. The molecule has 0 bridgehead atoms. The molecule has 0 aliphatic rings. The van der Waals surface area contributed by atoms with Gasteiger partial charge < -0.3 is 20.1 Å². The zero-order valence-corrected chi connectivity index (χ0v) is 17.0. The van der Waals surface area contributed by atoms with Crippen molar-refractivity contribution >= 4 is 17.7 Å². The third kappa shape index (κ3) is 9.60. The van der Waals surface area contributed by atoms with E-state index < -0.39 is 0 Å². The highest BCUT2D eigenvalue weighted by Crippen LogP contribution is 2.19. The van der Waals surface area contributed by atoms with Crippen LogP contribution in [0, 0.1) is 0 Å². The van der Waals surface area contributed by atoms with Crippen molar-refractivity contribution in [2.45, 2.75) is 38.5 Å². The molecule has 0 unspecified atom stereocenters. The number of nitrogens with zero attached hydrogens (tertiary/aromatic N) is 1. The molecule has 0 saturated heterocycles. The zero-order chi connectivity index (χ0) is 18.5. The Morgan fingerprint density at radius 3 is 2.52 bits per heavy atom. The van der Waals surface area contributed by atoms with Gasteiger partial charge in [0.2, 0.25) is 0 Å². The molecule has 1 aromatic carbocycles. The van der Waals surface area contributed by atoms with Crippen LogP contribution < -0.4 is 15.4 Å². The molecule has 0 aliphatic carbocycles. The predicted octanol–water partition coefficient (Wildman–Crippen LogP) is 3.30. The highest BCUT2D eigenvalue weighted by molar-refractivity contribution is 7.99. The molecule has 0 aliphatic heterocycles. The fourth-order valence-corrected chi connectivity index (χ4v) is 2.19. The molecular weight excluding hydrogens is 334 g/mol. The minimum Gasteiger partial charge on any atom is -0.497 e. The summed E-state index contributed by atoms with van der Waals surface area (Å²) in [6.07, 6.45) is 3.09. The molecule has 0 saturated carbocycles. The maximum absolute atomic E-state index is 5.38. The average Bonchev–Trinajstić information content (AvgIpc) is 2.63. The van der Waals surface area contributed by atoms with Gasteiger partial charge in [-0.2, -0.15) is 11.8 Å². The van der Waals surface area contributed by atoms with E-state index in [9.17, 15) is 0 Å². The lowest BCUT2D eigenvalue weighted by atomic mass is 10.2. The lowest BCUT2D eigenvalue weighted by Gasteiger charge is -2.24. The van der Waals surface area contributed by atoms with Gasteiger partial charge in [-0.05, 0) is 51.1 Å². The molecule has 2 N–H and O–H groups in total. The summed E-state index contributed by atoms with van der Waals surface area (Å²) in [5, 5.41) is 6.84. The molecule has 0 heterocycles. The summed E-state index contributed by atoms with van der Waals surface area (Å²) in [7, 11) is 1.68. The van der Waals surface area contributed by atoms with Gasteiger partial charge >= 0.3 is 0 Å². The van der Waals surface area contributed by atoms with Gasteiger partial charge in [-0.25, -0.2) is 4.99 Å². The van der Waals surface area contributed by atoms with Gasteiger partial charge in [-0.1, -0.05) is 12.1 Å². The molecule has 0 aromatic heterocycles. The van der Waals surface area contributed by atoms with Crippen molar-refractivity contribution in [1.29, 1.82) is 0 Å². The summed E-state index contributed by atoms with van der Waals surface area (Å²) >= 11 is 1.84. The Bertz CT molecular complexity index is 504. The van der Waals surface area contributed by atoms with Gasteiger partial charge in [0, 0.05) is 31.1 Å². The van der Waals surface area contributed by atoms with Gasteiger partial charge in [0.05, 0.1) is 13.7 Å². The monoisotopic (exact) mass is 367 g/mol. The van der Waals surface area contributed by atoms with E-state index in [4.69, 9.17) is 14.5 Å². The van der Waals surface area contributed by atoms with Crippen LogP contribution in [0.1, 0.15) is 32.8 Å². The third-order valence-corrected chi connectivity index (χ3v) is 5.02. The van der Waals surface area contributed by atoms with Crippen molar-refractivity contribution < 1.29 is 9.47 Å². The summed E-state index contributed by atoms with van der Waals surface area (Å²) in [6, 6.07) is 8.01. The van der Waals surface area contributed by atoms with E-state index in [0.29, 0.717) is 6.54 Å². The van der Waals surface area contributed by atoms with Crippen LogP contribution in [0.2, 0.25) is 0 Å². The first-order valence-corrected chi connectivity index (χ1v) is 10.0. The standard InChI is InChI=1S/C19H33N3O2S/c1-6-24-13-7-12-20-18(22-15-19(2,3)25-5)21-14-16-8-10-17(23-4)11-9-16/h8-11H,6-7,12-15H2,1-5H3,(H2,20,21,22). The maximum atomic E-state index is 5.38. The van der Waals surface area contributed by atoms with Crippen LogP contribution in [-0.4, -0.2) is 50.4 Å². The number of guanidine groups is 1. The summed E-state index contributed by atoms with van der Waals surface area (Å²) < 4.78 is 10.7. The van der Waals surface area contributed by atoms with Crippen LogP contribution in [0.4, 0.5) is 0 Å². The molecule has 0 amide bonds. The van der Waals surface area contributed by atoms with Crippen molar-refractivity contribution in [2.24, 2.45) is 4.99 Å². The van der Waals surface area contributed by atoms with E-state index in [1.165, 1.54) is 0 Å². The second-order valence-corrected chi connectivity index (χ2v) is 7.82. The molecule has 142 valence electrons. The number of ether oxygens (including phenoxy) is 2. The van der Waals surface area contributed by atoms with E-state index >= 15 is 0 Å². The van der Waals surface area contributed by atoms with E-state index in [1.54, 1.807) is 7.11 Å². The van der Waals surface area contributed by atoms with Crippen LogP contribution in [0.15, 0.2) is 29.3 Å². The van der Waals surface area contributed by atoms with Crippen molar-refractivity contribution in [3.8, 4) is 5.75 Å². The number of benzene rings is 1. The number of methoxy groups -OCH3 is 1. The van der Waals surface area contributed by atoms with Crippen molar-refractivity contribution in [2.75, 3.05) is 39.7 Å². The minimum atomic E-state index is 0.161. The normalized spacial score (nSPS) is 12.1. The van der Waals surface area contributed by atoms with Gasteiger partial charge in [0.15, 0.2) is 5.96 Å². The third-order valence-electron chi connectivity index (χ3n) is 3.77. The summed E-state index contributed by atoms with van der Waals surface area (Å²) in [4.78, 5) is 4.71. The minimum absolute atomic E-state index is 0.161. The lowest BCUT2D eigenvalue weighted by molar-refractivity contribution is 0.145. The van der Waals surface area contributed by atoms with Gasteiger partial charge in [0.1, 0.15) is 5.75 Å². The van der Waals surface area contributed by atoms with Gasteiger partial charge in [-0.3, -0.25) is 0 Å². The van der Waals surface area contributed by atoms with E-state index in [0.717, 1.165) is 50.0 Å². The van der Waals surface area contributed by atoms with E-state index in [-0.39, 0.29) is 4.75 Å². The Morgan fingerprint density at radius 1 is 1.20 bits per heavy atom. The number of nitrogens with one attached hydrogen (secondary N) is 2. The molecule has 0 atom stereocenters. The Kier molecular flexibility index (Phi) is 10.4. The van der Waals surface area contributed by atoms with Crippen LogP contribution in [-0.2, 0) is 11.3 Å². The Labute approximate surface area is 157 Å². The van der Waals surface area contributed by atoms with Crippen molar-refractivity contribution in [1.82, 2.24) is 10.6 Å². The Morgan fingerprint density at radius 2 is 1.92 bits per heavy atom. The summed E-state index contributed by atoms with van der Waals surface area (Å²) in [5.41, 5.74) is 1.15. The number of rotatable bonds is 11. The first-order chi connectivity index (χ1) is 12.0. The average molecular weight is 368 g/mol.